The molecule has 1 aliphatic rings. The normalized spacial score (nSPS) is 13.8. The Bertz CT molecular complexity index is 695. The quantitative estimate of drug-likeness (QED) is 0.679. The molecule has 0 unspecified atom stereocenters. The van der Waals surface area contributed by atoms with E-state index in [1.807, 2.05) is 48.5 Å². The maximum Gasteiger partial charge on any atom is 0.251 e. The van der Waals surface area contributed by atoms with Crippen LogP contribution in [0.1, 0.15) is 5.56 Å². The van der Waals surface area contributed by atoms with Crippen LogP contribution >= 0.6 is 0 Å². The van der Waals surface area contributed by atoms with Crippen LogP contribution < -0.4 is 15.4 Å². The first-order chi connectivity index (χ1) is 10.2. The van der Waals surface area contributed by atoms with Crippen molar-refractivity contribution in [2.45, 2.75) is 0 Å². The highest BCUT2D eigenvalue weighted by Crippen LogP contribution is 2.31. The van der Waals surface area contributed by atoms with Gasteiger partial charge in [-0.05, 0) is 35.9 Å². The van der Waals surface area contributed by atoms with Crippen molar-refractivity contribution in [3.05, 3.63) is 60.2 Å². The molecule has 0 saturated carbocycles. The topological polar surface area (TPSA) is 55.6 Å². The Morgan fingerprint density at radius 3 is 2.90 bits per heavy atom. The number of hydrogen-bond donors (Lipinski definition) is 1. The monoisotopic (exact) mass is 280 g/mol. The molecule has 0 aliphatic carbocycles. The highest BCUT2D eigenvalue weighted by molar-refractivity contribution is 6.05. The lowest BCUT2D eigenvalue weighted by atomic mass is 10.2. The summed E-state index contributed by atoms with van der Waals surface area (Å²) in [6.45, 7) is 1.06. The smallest absolute Gasteiger partial charge is 0.251 e. The van der Waals surface area contributed by atoms with Crippen LogP contribution in [0.4, 0.5) is 11.4 Å². The second-order valence-corrected chi connectivity index (χ2v) is 4.81. The van der Waals surface area contributed by atoms with Gasteiger partial charge < -0.3 is 15.4 Å². The van der Waals surface area contributed by atoms with Gasteiger partial charge in [0.25, 0.3) is 5.91 Å². The van der Waals surface area contributed by atoms with E-state index in [1.165, 1.54) is 0 Å². The van der Waals surface area contributed by atoms with Gasteiger partial charge in [-0.15, -0.1) is 0 Å². The lowest BCUT2D eigenvalue weighted by Crippen LogP contribution is -2.36. The number of benzene rings is 2. The Morgan fingerprint density at radius 2 is 2.05 bits per heavy atom. The highest BCUT2D eigenvalue weighted by atomic mass is 16.5. The van der Waals surface area contributed by atoms with Crippen LogP contribution in [0, 0.1) is 0 Å². The number of fused-ring (bicyclic) bond motifs is 1. The van der Waals surface area contributed by atoms with Gasteiger partial charge in [0.05, 0.1) is 12.2 Å². The molecule has 0 atom stereocenters. The number of hydrogen-bond acceptors (Lipinski definition) is 3. The number of ether oxygens (including phenoxy) is 1. The van der Waals surface area contributed by atoms with E-state index >= 15 is 0 Å². The summed E-state index contributed by atoms with van der Waals surface area (Å²) < 4.78 is 5.55. The van der Waals surface area contributed by atoms with Crippen LogP contribution in [0.2, 0.25) is 0 Å². The van der Waals surface area contributed by atoms with E-state index in [1.54, 1.807) is 17.1 Å². The van der Waals surface area contributed by atoms with E-state index in [0.717, 1.165) is 17.0 Å². The number of nitrogens with zero attached hydrogens (tertiary/aromatic N) is 1. The second kappa shape index (κ2) is 5.71. The van der Waals surface area contributed by atoms with Gasteiger partial charge in [-0.1, -0.05) is 24.3 Å². The van der Waals surface area contributed by atoms with Gasteiger partial charge in [-0.25, -0.2) is 0 Å². The van der Waals surface area contributed by atoms with E-state index in [-0.39, 0.29) is 5.91 Å². The van der Waals surface area contributed by atoms with E-state index in [9.17, 15) is 4.79 Å². The van der Waals surface area contributed by atoms with Crippen molar-refractivity contribution in [2.24, 2.45) is 0 Å². The molecule has 0 aromatic heterocycles. The van der Waals surface area contributed by atoms with Crippen molar-refractivity contribution >= 4 is 23.4 Å². The maximum absolute atomic E-state index is 12.4. The van der Waals surface area contributed by atoms with E-state index in [2.05, 4.69) is 0 Å². The molecular weight excluding hydrogens is 264 g/mol. The fraction of sp³-hybridized carbons (Fsp3) is 0.118. The second-order valence-electron chi connectivity index (χ2n) is 4.81. The van der Waals surface area contributed by atoms with Crippen molar-refractivity contribution in [1.29, 1.82) is 0 Å². The van der Waals surface area contributed by atoms with Crippen molar-refractivity contribution in [3.8, 4) is 5.75 Å². The summed E-state index contributed by atoms with van der Waals surface area (Å²) >= 11 is 0. The molecule has 2 aromatic rings. The minimum Gasteiger partial charge on any atom is -0.490 e. The molecule has 0 saturated heterocycles. The van der Waals surface area contributed by atoms with Crippen molar-refractivity contribution in [2.75, 3.05) is 23.8 Å². The Balaban J connectivity index is 1.80. The average molecular weight is 280 g/mol. The number of rotatable bonds is 2. The molecule has 21 heavy (non-hydrogen) atoms. The highest BCUT2D eigenvalue weighted by Gasteiger charge is 2.21. The molecule has 0 spiro atoms. The number of anilines is 2. The average Bonchev–Trinajstić information content (AvgIpc) is 2.52. The summed E-state index contributed by atoms with van der Waals surface area (Å²) in [6, 6.07) is 15.0. The third kappa shape index (κ3) is 2.89. The maximum atomic E-state index is 12.4. The minimum absolute atomic E-state index is 0.0619. The number of carbonyl (C=O) groups is 1. The largest absolute Gasteiger partial charge is 0.490 e. The van der Waals surface area contributed by atoms with Gasteiger partial charge in [0.1, 0.15) is 12.4 Å². The summed E-state index contributed by atoms with van der Waals surface area (Å²) in [6.07, 6.45) is 3.34. The molecule has 0 bridgehead atoms. The van der Waals surface area contributed by atoms with Gasteiger partial charge in [0, 0.05) is 11.8 Å². The zero-order valence-electron chi connectivity index (χ0n) is 11.5. The van der Waals surface area contributed by atoms with E-state index < -0.39 is 0 Å². The van der Waals surface area contributed by atoms with Crippen LogP contribution in [-0.4, -0.2) is 19.1 Å². The standard InChI is InChI=1S/C17H16N2O2/c18-14-5-3-4-13(12-14)8-9-17(20)19-10-11-21-16-7-2-1-6-15(16)19/h1-9,12H,10-11,18H2/b9-8+. The molecule has 0 radical (unpaired) electrons. The summed E-state index contributed by atoms with van der Waals surface area (Å²) in [4.78, 5) is 14.1. The van der Waals surface area contributed by atoms with E-state index in [4.69, 9.17) is 10.5 Å². The van der Waals surface area contributed by atoms with Crippen LogP contribution in [0.25, 0.3) is 6.08 Å². The molecule has 3 rings (SSSR count). The SMILES string of the molecule is Nc1cccc(/C=C/C(=O)N2CCOc3ccccc32)c1. The lowest BCUT2D eigenvalue weighted by Gasteiger charge is -2.28. The Hall–Kier alpha value is -2.75. The Labute approximate surface area is 123 Å². The summed E-state index contributed by atoms with van der Waals surface area (Å²) in [5.74, 6) is 0.683. The predicted octanol–water partition coefficient (Wildman–Crippen LogP) is 2.71. The summed E-state index contributed by atoms with van der Waals surface area (Å²) in [7, 11) is 0. The van der Waals surface area contributed by atoms with Gasteiger partial charge in [-0.3, -0.25) is 4.79 Å². The van der Waals surface area contributed by atoms with Gasteiger partial charge in [-0.2, -0.15) is 0 Å². The van der Waals surface area contributed by atoms with Crippen molar-refractivity contribution in [1.82, 2.24) is 0 Å². The third-order valence-corrected chi connectivity index (χ3v) is 3.32. The first-order valence-corrected chi connectivity index (χ1v) is 6.81. The van der Waals surface area contributed by atoms with Crippen molar-refractivity contribution < 1.29 is 9.53 Å². The number of nitrogen functional groups attached to an aromatic ring is 1. The zero-order valence-corrected chi connectivity index (χ0v) is 11.5. The molecule has 1 amide bonds. The molecule has 0 fully saturated rings. The molecule has 1 aliphatic heterocycles. The van der Waals surface area contributed by atoms with E-state index in [0.29, 0.717) is 18.8 Å². The van der Waals surface area contributed by atoms with Crippen molar-refractivity contribution in [3.63, 3.8) is 0 Å². The molecule has 106 valence electrons. The van der Waals surface area contributed by atoms with Crippen LogP contribution in [0.5, 0.6) is 5.75 Å². The zero-order chi connectivity index (χ0) is 14.7. The Morgan fingerprint density at radius 1 is 1.19 bits per heavy atom. The van der Waals surface area contributed by atoms with Gasteiger partial charge in [0.2, 0.25) is 0 Å². The number of amides is 1. The molecule has 1 heterocycles. The van der Waals surface area contributed by atoms with Crippen LogP contribution in [0.3, 0.4) is 0 Å². The number of para-hydroxylation sites is 2. The summed E-state index contributed by atoms with van der Waals surface area (Å²) in [5, 5.41) is 0. The molecule has 2 aromatic carbocycles. The Kier molecular flexibility index (Phi) is 3.60. The lowest BCUT2D eigenvalue weighted by molar-refractivity contribution is -0.114. The molecule has 4 heteroatoms. The van der Waals surface area contributed by atoms with Crippen LogP contribution in [0.15, 0.2) is 54.6 Å². The number of nitrogens with two attached hydrogens (primary N) is 1. The first kappa shape index (κ1) is 13.2. The number of carbonyl (C=O) groups excluding carboxylic acids is 1. The molecule has 4 nitrogen and oxygen atoms in total. The molecule has 2 N–H and O–H groups in total. The van der Waals surface area contributed by atoms with Gasteiger partial charge >= 0.3 is 0 Å². The summed E-state index contributed by atoms with van der Waals surface area (Å²) in [5.41, 5.74) is 8.13. The predicted molar refractivity (Wildman–Crippen MR) is 84.2 cm³/mol. The van der Waals surface area contributed by atoms with Crippen LogP contribution in [-0.2, 0) is 4.79 Å². The minimum atomic E-state index is -0.0619. The molecular formula is C17H16N2O2. The fourth-order valence-corrected chi connectivity index (χ4v) is 2.32. The first-order valence-electron chi connectivity index (χ1n) is 6.81. The van der Waals surface area contributed by atoms with Gasteiger partial charge in [0.15, 0.2) is 0 Å². The third-order valence-electron chi connectivity index (χ3n) is 3.32. The fourth-order valence-electron chi connectivity index (χ4n) is 2.32.